The number of hydrogen-bond acceptors (Lipinski definition) is 5. The van der Waals surface area contributed by atoms with E-state index in [0.29, 0.717) is 30.5 Å². The molecule has 2 aliphatic heterocycles. The zero-order valence-electron chi connectivity index (χ0n) is 15.1. The number of halogens is 1. The second kappa shape index (κ2) is 7.95. The average Bonchev–Trinajstić information content (AvgIpc) is 3.07. The lowest BCUT2D eigenvalue weighted by atomic mass is 10.0. The highest BCUT2D eigenvalue weighted by Gasteiger charge is 2.39. The molecule has 4 rings (SSSR count). The van der Waals surface area contributed by atoms with Crippen LogP contribution in [0.3, 0.4) is 0 Å². The summed E-state index contributed by atoms with van der Waals surface area (Å²) in [6, 6.07) is 10.3. The number of nitrogens with zero attached hydrogens (tertiary/aromatic N) is 1. The highest BCUT2D eigenvalue weighted by molar-refractivity contribution is 5.50. The Morgan fingerprint density at radius 2 is 1.96 bits per heavy atom. The fourth-order valence-electron chi connectivity index (χ4n) is 3.56. The van der Waals surface area contributed by atoms with Gasteiger partial charge in [0.1, 0.15) is 37.0 Å². The van der Waals surface area contributed by atoms with Gasteiger partial charge < -0.3 is 19.1 Å². The van der Waals surface area contributed by atoms with Gasteiger partial charge in [-0.3, -0.25) is 10.1 Å². The quantitative estimate of drug-likeness (QED) is 0.628. The van der Waals surface area contributed by atoms with E-state index in [-0.39, 0.29) is 24.2 Å². The van der Waals surface area contributed by atoms with Gasteiger partial charge in [-0.25, -0.2) is 4.39 Å². The molecule has 1 atom stereocenters. The van der Waals surface area contributed by atoms with Crippen molar-refractivity contribution in [2.75, 3.05) is 32.9 Å². The molecule has 0 saturated carbocycles. The number of rotatable bonds is 5. The molecule has 28 heavy (non-hydrogen) atoms. The standard InChI is InChI=1S/C20H19FN2O5/c21-14-1-4-16(5-2-14)27-10-7-19-20(22-8-11-26-12-9-22)17-13-15(23(24)25)3-6-18(17)28-19/h1-7,13,20H,8-12H2/p+1/b19-7+/t20-/m1/s1. The minimum Gasteiger partial charge on any atom is -0.489 e. The van der Waals surface area contributed by atoms with Crippen molar-refractivity contribution in [2.45, 2.75) is 6.04 Å². The van der Waals surface area contributed by atoms with E-state index < -0.39 is 4.92 Å². The zero-order chi connectivity index (χ0) is 19.5. The first-order chi connectivity index (χ1) is 13.6. The third kappa shape index (κ3) is 3.83. The summed E-state index contributed by atoms with van der Waals surface area (Å²) in [4.78, 5) is 12.0. The molecule has 0 unspecified atom stereocenters. The maximum Gasteiger partial charge on any atom is 0.270 e. The predicted octanol–water partition coefficient (Wildman–Crippen LogP) is 2.05. The van der Waals surface area contributed by atoms with Crippen LogP contribution in [0.1, 0.15) is 11.6 Å². The van der Waals surface area contributed by atoms with Crippen LogP contribution in [-0.2, 0) is 4.74 Å². The SMILES string of the molecule is O=[N+]([O-])c1ccc2c(c1)[C@@H]([NH+]1CCOCC1)/C(=C\COc1ccc(F)cc1)O2. The molecule has 2 aliphatic rings. The molecular formula is C20H20FN2O5+. The van der Waals surface area contributed by atoms with Gasteiger partial charge in [-0.2, -0.15) is 0 Å². The molecule has 0 bridgehead atoms. The Hall–Kier alpha value is -2.97. The summed E-state index contributed by atoms with van der Waals surface area (Å²) in [5.41, 5.74) is 0.850. The van der Waals surface area contributed by atoms with Crippen LogP contribution in [-0.4, -0.2) is 37.8 Å². The van der Waals surface area contributed by atoms with Gasteiger partial charge in [-0.15, -0.1) is 0 Å². The second-order valence-electron chi connectivity index (χ2n) is 6.66. The molecular weight excluding hydrogens is 367 g/mol. The van der Waals surface area contributed by atoms with Gasteiger partial charge in [-0.05, 0) is 36.4 Å². The normalized spacial score (nSPS) is 20.6. The van der Waals surface area contributed by atoms with Crippen LogP contribution in [0.2, 0.25) is 0 Å². The van der Waals surface area contributed by atoms with Crippen molar-refractivity contribution in [3.63, 3.8) is 0 Å². The molecule has 0 spiro atoms. The van der Waals surface area contributed by atoms with E-state index in [1.54, 1.807) is 24.3 Å². The Bertz CT molecular complexity index is 894. The number of fused-ring (bicyclic) bond motifs is 1. The molecule has 0 amide bonds. The molecule has 0 radical (unpaired) electrons. The number of non-ortho nitro benzene ring substituents is 1. The second-order valence-corrected chi connectivity index (χ2v) is 6.66. The van der Waals surface area contributed by atoms with Gasteiger partial charge in [0.2, 0.25) is 0 Å². The largest absolute Gasteiger partial charge is 0.489 e. The van der Waals surface area contributed by atoms with Crippen LogP contribution >= 0.6 is 0 Å². The van der Waals surface area contributed by atoms with Crippen LogP contribution in [0.15, 0.2) is 54.3 Å². The number of nitrogens with one attached hydrogen (secondary N) is 1. The van der Waals surface area contributed by atoms with E-state index in [4.69, 9.17) is 14.2 Å². The van der Waals surface area contributed by atoms with Crippen molar-refractivity contribution < 1.29 is 28.4 Å². The number of nitro groups is 1. The predicted molar refractivity (Wildman–Crippen MR) is 98.0 cm³/mol. The number of quaternary nitrogens is 1. The molecule has 7 nitrogen and oxygen atoms in total. The fourth-order valence-corrected chi connectivity index (χ4v) is 3.56. The Kier molecular flexibility index (Phi) is 5.23. The van der Waals surface area contributed by atoms with Crippen molar-refractivity contribution in [3.05, 3.63) is 75.8 Å². The Morgan fingerprint density at radius 3 is 2.68 bits per heavy atom. The first-order valence-corrected chi connectivity index (χ1v) is 9.09. The summed E-state index contributed by atoms with van der Waals surface area (Å²) in [5, 5.41) is 11.2. The van der Waals surface area contributed by atoms with Gasteiger partial charge >= 0.3 is 0 Å². The Morgan fingerprint density at radius 1 is 1.21 bits per heavy atom. The van der Waals surface area contributed by atoms with E-state index in [2.05, 4.69) is 0 Å². The van der Waals surface area contributed by atoms with Crippen LogP contribution < -0.4 is 14.4 Å². The van der Waals surface area contributed by atoms with Gasteiger partial charge in [0, 0.05) is 12.1 Å². The molecule has 0 aliphatic carbocycles. The summed E-state index contributed by atoms with van der Waals surface area (Å²) in [7, 11) is 0. The van der Waals surface area contributed by atoms with E-state index >= 15 is 0 Å². The van der Waals surface area contributed by atoms with Crippen LogP contribution in [0, 0.1) is 15.9 Å². The maximum atomic E-state index is 13.0. The first-order valence-electron chi connectivity index (χ1n) is 9.09. The summed E-state index contributed by atoms with van der Waals surface area (Å²) >= 11 is 0. The van der Waals surface area contributed by atoms with Crippen molar-refractivity contribution in [1.82, 2.24) is 0 Å². The molecule has 0 aromatic heterocycles. The smallest absolute Gasteiger partial charge is 0.270 e. The van der Waals surface area contributed by atoms with Crippen LogP contribution in [0.25, 0.3) is 0 Å². The Balaban J connectivity index is 1.57. The van der Waals surface area contributed by atoms with Crippen LogP contribution in [0.4, 0.5) is 10.1 Å². The maximum absolute atomic E-state index is 13.0. The van der Waals surface area contributed by atoms with E-state index in [1.807, 2.05) is 6.08 Å². The van der Waals surface area contributed by atoms with Crippen molar-refractivity contribution in [3.8, 4) is 11.5 Å². The topological polar surface area (TPSA) is 75.3 Å². The third-order valence-corrected chi connectivity index (χ3v) is 4.92. The Labute approximate surface area is 161 Å². The summed E-state index contributed by atoms with van der Waals surface area (Å²) in [6.45, 7) is 3.08. The zero-order valence-corrected chi connectivity index (χ0v) is 15.1. The minimum atomic E-state index is -0.397. The molecule has 1 fully saturated rings. The van der Waals surface area contributed by atoms with Crippen molar-refractivity contribution in [2.24, 2.45) is 0 Å². The summed E-state index contributed by atoms with van der Waals surface area (Å²) in [6.07, 6.45) is 1.84. The molecule has 2 aromatic carbocycles. The lowest BCUT2D eigenvalue weighted by Gasteiger charge is -2.29. The number of morpholine rings is 1. The highest BCUT2D eigenvalue weighted by atomic mass is 19.1. The molecule has 8 heteroatoms. The molecule has 2 aromatic rings. The van der Waals surface area contributed by atoms with E-state index in [1.165, 1.54) is 23.1 Å². The lowest BCUT2D eigenvalue weighted by molar-refractivity contribution is -0.933. The van der Waals surface area contributed by atoms with Crippen LogP contribution in [0.5, 0.6) is 11.5 Å². The lowest BCUT2D eigenvalue weighted by Crippen LogP contribution is -3.14. The van der Waals surface area contributed by atoms with Gasteiger partial charge in [0.25, 0.3) is 5.69 Å². The number of nitro benzene ring substituents is 1. The molecule has 2 heterocycles. The van der Waals surface area contributed by atoms with Crippen molar-refractivity contribution >= 4 is 5.69 Å². The number of ether oxygens (including phenoxy) is 3. The molecule has 146 valence electrons. The number of hydrogen-bond donors (Lipinski definition) is 1. The average molecular weight is 387 g/mol. The third-order valence-electron chi connectivity index (χ3n) is 4.92. The molecule has 1 saturated heterocycles. The fraction of sp³-hybridized carbons (Fsp3) is 0.300. The highest BCUT2D eigenvalue weighted by Crippen LogP contribution is 2.39. The molecule has 1 N–H and O–H groups in total. The van der Waals surface area contributed by atoms with E-state index in [9.17, 15) is 14.5 Å². The minimum absolute atomic E-state index is 0.0452. The number of benzene rings is 2. The summed E-state index contributed by atoms with van der Waals surface area (Å²) < 4.78 is 30.1. The van der Waals surface area contributed by atoms with Gasteiger partial charge in [0.15, 0.2) is 11.8 Å². The van der Waals surface area contributed by atoms with Gasteiger partial charge in [-0.1, -0.05) is 0 Å². The first kappa shape index (κ1) is 18.4. The summed E-state index contributed by atoms with van der Waals surface area (Å²) in [5.74, 6) is 1.56. The van der Waals surface area contributed by atoms with Crippen molar-refractivity contribution in [1.29, 1.82) is 0 Å². The monoisotopic (exact) mass is 387 g/mol. The van der Waals surface area contributed by atoms with E-state index in [0.717, 1.165) is 18.7 Å². The van der Waals surface area contributed by atoms with Gasteiger partial charge in [0.05, 0.1) is 23.7 Å².